The predicted octanol–water partition coefficient (Wildman–Crippen LogP) is 3.59. The van der Waals surface area contributed by atoms with Crippen LogP contribution >= 0.6 is 15.9 Å². The Morgan fingerprint density at radius 2 is 1.82 bits per heavy atom. The van der Waals surface area contributed by atoms with Crippen LogP contribution in [0.4, 0.5) is 5.69 Å². The predicted molar refractivity (Wildman–Crippen MR) is 73.5 cm³/mol. The van der Waals surface area contributed by atoms with Gasteiger partial charge in [-0.2, -0.15) is 0 Å². The summed E-state index contributed by atoms with van der Waals surface area (Å²) < 4.78 is 1.10. The Kier molecular flexibility index (Phi) is 4.20. The number of carboxylic acids is 1. The number of hydrogen-bond acceptors (Lipinski definition) is 2. The Balaban J connectivity index is 2.81. The summed E-state index contributed by atoms with van der Waals surface area (Å²) in [4.78, 5) is 11.0. The number of carbonyl (C=O) groups is 1. The van der Waals surface area contributed by atoms with Crippen LogP contribution in [-0.4, -0.2) is 17.6 Å². The summed E-state index contributed by atoms with van der Waals surface area (Å²) in [5.74, 6) is -0.796. The molecule has 4 heteroatoms. The highest BCUT2D eigenvalue weighted by molar-refractivity contribution is 9.10. The minimum Gasteiger partial charge on any atom is -0.481 e. The highest BCUT2D eigenvalue weighted by atomic mass is 79.9. The lowest BCUT2D eigenvalue weighted by atomic mass is 9.94. The number of aryl methyl sites for hydroxylation is 2. The third kappa shape index (κ3) is 3.46. The van der Waals surface area contributed by atoms with Crippen LogP contribution in [0, 0.1) is 19.3 Å². The first-order valence-corrected chi connectivity index (χ1v) is 6.27. The molecule has 0 spiro atoms. The van der Waals surface area contributed by atoms with E-state index in [0.717, 1.165) is 21.3 Å². The van der Waals surface area contributed by atoms with Gasteiger partial charge in [0, 0.05) is 16.7 Å². The fraction of sp³-hybridized carbons (Fsp3) is 0.462. The fourth-order valence-electron chi connectivity index (χ4n) is 1.45. The number of halogens is 1. The zero-order valence-corrected chi connectivity index (χ0v) is 12.2. The van der Waals surface area contributed by atoms with E-state index in [4.69, 9.17) is 5.11 Å². The summed E-state index contributed by atoms with van der Waals surface area (Å²) in [7, 11) is 0. The van der Waals surface area contributed by atoms with Crippen LogP contribution in [0.15, 0.2) is 16.6 Å². The van der Waals surface area contributed by atoms with Gasteiger partial charge < -0.3 is 10.4 Å². The van der Waals surface area contributed by atoms with Gasteiger partial charge in [0.2, 0.25) is 0 Å². The second-order valence-electron chi connectivity index (χ2n) is 4.97. The van der Waals surface area contributed by atoms with Crippen molar-refractivity contribution < 1.29 is 9.90 Å². The normalized spacial score (nSPS) is 11.4. The zero-order chi connectivity index (χ0) is 13.2. The smallest absolute Gasteiger partial charge is 0.310 e. The molecule has 17 heavy (non-hydrogen) atoms. The van der Waals surface area contributed by atoms with Gasteiger partial charge in [-0.1, -0.05) is 15.9 Å². The van der Waals surface area contributed by atoms with Gasteiger partial charge in [0.15, 0.2) is 0 Å². The van der Waals surface area contributed by atoms with Crippen LogP contribution in [0.2, 0.25) is 0 Å². The number of nitrogens with one attached hydrogen (secondary N) is 1. The van der Waals surface area contributed by atoms with Crippen LogP contribution < -0.4 is 5.32 Å². The average Bonchev–Trinajstić information content (AvgIpc) is 2.22. The molecule has 0 saturated heterocycles. The Morgan fingerprint density at radius 1 is 1.35 bits per heavy atom. The molecule has 94 valence electrons. The SMILES string of the molecule is Cc1cc(NCC(C)(C)C(=O)O)cc(C)c1Br. The molecule has 0 aromatic heterocycles. The van der Waals surface area contributed by atoms with Gasteiger partial charge in [0.25, 0.3) is 0 Å². The van der Waals surface area contributed by atoms with Gasteiger partial charge >= 0.3 is 5.97 Å². The van der Waals surface area contributed by atoms with Gasteiger partial charge in [0.1, 0.15) is 0 Å². The molecule has 1 aromatic carbocycles. The largest absolute Gasteiger partial charge is 0.481 e. The first-order valence-electron chi connectivity index (χ1n) is 5.48. The van der Waals surface area contributed by atoms with Crippen molar-refractivity contribution in [1.29, 1.82) is 0 Å². The summed E-state index contributed by atoms with van der Waals surface area (Å²) in [5, 5.41) is 12.2. The van der Waals surface area contributed by atoms with Crippen molar-refractivity contribution in [2.24, 2.45) is 5.41 Å². The second kappa shape index (κ2) is 5.08. The van der Waals surface area contributed by atoms with Crippen molar-refractivity contribution in [1.82, 2.24) is 0 Å². The summed E-state index contributed by atoms with van der Waals surface area (Å²) in [6, 6.07) is 4.02. The molecular weight excluding hydrogens is 282 g/mol. The third-order valence-electron chi connectivity index (χ3n) is 2.75. The molecule has 0 bridgehead atoms. The summed E-state index contributed by atoms with van der Waals surface area (Å²) in [6.45, 7) is 7.86. The molecule has 1 aromatic rings. The zero-order valence-electron chi connectivity index (χ0n) is 10.6. The van der Waals surface area contributed by atoms with Crippen LogP contribution in [0.1, 0.15) is 25.0 Å². The summed E-state index contributed by atoms with van der Waals surface area (Å²) >= 11 is 3.51. The Bertz CT molecular complexity index is 418. The number of anilines is 1. The molecule has 0 aliphatic rings. The van der Waals surface area contributed by atoms with Crippen LogP contribution in [0.25, 0.3) is 0 Å². The van der Waals surface area contributed by atoms with Gasteiger partial charge in [0.05, 0.1) is 5.41 Å². The third-order valence-corrected chi connectivity index (χ3v) is 4.00. The highest BCUT2D eigenvalue weighted by Crippen LogP contribution is 2.26. The quantitative estimate of drug-likeness (QED) is 0.893. The van der Waals surface area contributed by atoms with Crippen LogP contribution in [0.5, 0.6) is 0 Å². The molecule has 0 radical (unpaired) electrons. The average molecular weight is 300 g/mol. The van der Waals surface area contributed by atoms with E-state index in [-0.39, 0.29) is 0 Å². The second-order valence-corrected chi connectivity index (χ2v) is 5.76. The lowest BCUT2D eigenvalue weighted by Crippen LogP contribution is -2.31. The molecule has 2 N–H and O–H groups in total. The first-order chi connectivity index (χ1) is 7.74. The molecule has 0 unspecified atom stereocenters. The lowest BCUT2D eigenvalue weighted by Gasteiger charge is -2.21. The summed E-state index contributed by atoms with van der Waals surface area (Å²) in [6.07, 6.45) is 0. The minimum absolute atomic E-state index is 0.406. The molecule has 0 saturated carbocycles. The van der Waals surface area contributed by atoms with Crippen molar-refractivity contribution >= 4 is 27.6 Å². The number of hydrogen-bond donors (Lipinski definition) is 2. The topological polar surface area (TPSA) is 49.3 Å². The number of aliphatic carboxylic acids is 1. The van der Waals surface area contributed by atoms with E-state index in [9.17, 15) is 4.79 Å². The fourth-order valence-corrected chi connectivity index (χ4v) is 1.68. The van der Waals surface area contributed by atoms with E-state index in [2.05, 4.69) is 21.2 Å². The van der Waals surface area contributed by atoms with Crippen molar-refractivity contribution in [2.75, 3.05) is 11.9 Å². The van der Waals surface area contributed by atoms with Crippen molar-refractivity contribution in [3.8, 4) is 0 Å². The van der Waals surface area contributed by atoms with Crippen LogP contribution in [0.3, 0.4) is 0 Å². The maximum absolute atomic E-state index is 11.0. The monoisotopic (exact) mass is 299 g/mol. The van der Waals surface area contributed by atoms with Crippen molar-refractivity contribution in [3.05, 3.63) is 27.7 Å². The molecular formula is C13H18BrNO2. The molecule has 0 fully saturated rings. The van der Waals surface area contributed by atoms with E-state index in [0.29, 0.717) is 6.54 Å². The Hall–Kier alpha value is -1.03. The number of benzene rings is 1. The number of carboxylic acid groups (broad SMARTS) is 1. The lowest BCUT2D eigenvalue weighted by molar-refractivity contribution is -0.146. The molecule has 0 aliphatic heterocycles. The van der Waals surface area contributed by atoms with Gasteiger partial charge in [-0.25, -0.2) is 0 Å². The Labute approximate surface area is 110 Å². The van der Waals surface area contributed by atoms with Gasteiger partial charge in [-0.15, -0.1) is 0 Å². The van der Waals surface area contributed by atoms with Gasteiger partial charge in [-0.05, 0) is 51.0 Å². The van der Waals surface area contributed by atoms with Crippen molar-refractivity contribution in [2.45, 2.75) is 27.7 Å². The van der Waals surface area contributed by atoms with E-state index >= 15 is 0 Å². The Morgan fingerprint density at radius 3 is 2.24 bits per heavy atom. The molecule has 0 amide bonds. The van der Waals surface area contributed by atoms with Crippen LogP contribution in [-0.2, 0) is 4.79 Å². The molecule has 1 rings (SSSR count). The van der Waals surface area contributed by atoms with E-state index in [1.54, 1.807) is 13.8 Å². The van der Waals surface area contributed by atoms with E-state index in [1.165, 1.54) is 0 Å². The van der Waals surface area contributed by atoms with Gasteiger partial charge in [-0.3, -0.25) is 4.79 Å². The summed E-state index contributed by atoms with van der Waals surface area (Å²) in [5.41, 5.74) is 2.47. The minimum atomic E-state index is -0.796. The molecule has 0 atom stereocenters. The highest BCUT2D eigenvalue weighted by Gasteiger charge is 2.26. The number of rotatable bonds is 4. The molecule has 0 aliphatic carbocycles. The maximum atomic E-state index is 11.0. The van der Waals surface area contributed by atoms with E-state index in [1.807, 2.05) is 26.0 Å². The van der Waals surface area contributed by atoms with Crippen molar-refractivity contribution in [3.63, 3.8) is 0 Å². The van der Waals surface area contributed by atoms with E-state index < -0.39 is 11.4 Å². The molecule has 3 nitrogen and oxygen atoms in total. The first kappa shape index (κ1) is 14.0. The maximum Gasteiger partial charge on any atom is 0.310 e. The molecule has 0 heterocycles. The standard InChI is InChI=1S/C13H18BrNO2/c1-8-5-10(6-9(2)11(8)14)15-7-13(3,4)12(16)17/h5-6,15H,7H2,1-4H3,(H,16,17).